The Morgan fingerprint density at radius 2 is 2.00 bits per heavy atom. The quantitative estimate of drug-likeness (QED) is 0.477. The third-order valence-corrected chi connectivity index (χ3v) is 4.08. The predicted octanol–water partition coefficient (Wildman–Crippen LogP) is 2.59. The number of hydrogen-bond donors (Lipinski definition) is 0. The predicted molar refractivity (Wildman–Crippen MR) is 58.6 cm³/mol. The van der Waals surface area contributed by atoms with E-state index in [9.17, 15) is 18.5 Å². The van der Waals surface area contributed by atoms with Crippen LogP contribution < -0.4 is 0 Å². The molecular formula is C7H5BrClNO4S. The lowest BCUT2D eigenvalue weighted by molar-refractivity contribution is -0.387. The highest BCUT2D eigenvalue weighted by molar-refractivity contribution is 9.10. The summed E-state index contributed by atoms with van der Waals surface area (Å²) in [4.78, 5) is 9.35. The first kappa shape index (κ1) is 12.4. The Morgan fingerprint density at radius 1 is 1.47 bits per heavy atom. The van der Waals surface area contributed by atoms with Gasteiger partial charge in [-0.25, -0.2) is 8.42 Å². The molecule has 5 nitrogen and oxygen atoms in total. The van der Waals surface area contributed by atoms with E-state index in [2.05, 4.69) is 15.9 Å². The topological polar surface area (TPSA) is 77.3 Å². The zero-order valence-electron chi connectivity index (χ0n) is 7.40. The van der Waals surface area contributed by atoms with Gasteiger partial charge in [0, 0.05) is 21.2 Å². The second-order valence-electron chi connectivity index (χ2n) is 2.72. The van der Waals surface area contributed by atoms with Crippen LogP contribution in [0.1, 0.15) is 5.56 Å². The number of benzene rings is 1. The van der Waals surface area contributed by atoms with Crippen molar-refractivity contribution in [3.63, 3.8) is 0 Å². The summed E-state index contributed by atoms with van der Waals surface area (Å²) in [6, 6.07) is 2.49. The van der Waals surface area contributed by atoms with Crippen molar-refractivity contribution in [3.05, 3.63) is 32.3 Å². The number of nitro benzene ring substituents is 1. The SMILES string of the molecule is Cc1c(Br)ccc([N+](=O)[O-])c1S(=O)(=O)Cl. The van der Waals surface area contributed by atoms with Gasteiger partial charge in [-0.1, -0.05) is 15.9 Å². The van der Waals surface area contributed by atoms with Crippen molar-refractivity contribution in [1.82, 2.24) is 0 Å². The lowest BCUT2D eigenvalue weighted by Crippen LogP contribution is -2.02. The van der Waals surface area contributed by atoms with E-state index >= 15 is 0 Å². The highest BCUT2D eigenvalue weighted by Gasteiger charge is 2.27. The highest BCUT2D eigenvalue weighted by atomic mass is 79.9. The summed E-state index contributed by atoms with van der Waals surface area (Å²) < 4.78 is 22.8. The van der Waals surface area contributed by atoms with Gasteiger partial charge in [0.2, 0.25) is 0 Å². The molecule has 1 rings (SSSR count). The van der Waals surface area contributed by atoms with Crippen molar-refractivity contribution in [2.75, 3.05) is 0 Å². The van der Waals surface area contributed by atoms with Gasteiger partial charge in [0.1, 0.15) is 0 Å². The molecule has 0 amide bonds. The molecule has 0 spiro atoms. The first-order valence-corrected chi connectivity index (χ1v) is 6.73. The molecule has 0 atom stereocenters. The average molecular weight is 315 g/mol. The number of rotatable bonds is 2. The third kappa shape index (κ3) is 2.47. The molecule has 1 aromatic rings. The van der Waals surface area contributed by atoms with Crippen LogP contribution in [0.2, 0.25) is 0 Å². The minimum Gasteiger partial charge on any atom is -0.258 e. The van der Waals surface area contributed by atoms with Crippen LogP contribution in [0, 0.1) is 17.0 Å². The van der Waals surface area contributed by atoms with Gasteiger partial charge in [-0.05, 0) is 18.6 Å². The molecule has 0 bridgehead atoms. The van der Waals surface area contributed by atoms with Crippen LogP contribution in [0.3, 0.4) is 0 Å². The van der Waals surface area contributed by atoms with Gasteiger partial charge in [0.25, 0.3) is 14.7 Å². The fourth-order valence-electron chi connectivity index (χ4n) is 1.10. The maximum atomic E-state index is 11.2. The van der Waals surface area contributed by atoms with E-state index in [-0.39, 0.29) is 5.56 Å². The van der Waals surface area contributed by atoms with Gasteiger partial charge < -0.3 is 0 Å². The van der Waals surface area contributed by atoms with Crippen LogP contribution in [0.5, 0.6) is 0 Å². The van der Waals surface area contributed by atoms with Gasteiger partial charge in [0.15, 0.2) is 4.90 Å². The first-order valence-electron chi connectivity index (χ1n) is 3.63. The molecule has 0 heterocycles. The van der Waals surface area contributed by atoms with E-state index in [0.29, 0.717) is 4.47 Å². The van der Waals surface area contributed by atoms with Crippen LogP contribution in [-0.4, -0.2) is 13.3 Å². The van der Waals surface area contributed by atoms with Crippen LogP contribution >= 0.6 is 26.6 Å². The van der Waals surface area contributed by atoms with Gasteiger partial charge in [-0.2, -0.15) is 0 Å². The summed E-state index contributed by atoms with van der Waals surface area (Å²) in [6.07, 6.45) is 0. The summed E-state index contributed by atoms with van der Waals surface area (Å²) in [5.74, 6) is 0. The Balaban J connectivity index is 3.72. The fraction of sp³-hybridized carbons (Fsp3) is 0.143. The Kier molecular flexibility index (Phi) is 3.37. The Labute approximate surface area is 98.7 Å². The molecular weight excluding hydrogens is 310 g/mol. The van der Waals surface area contributed by atoms with Gasteiger partial charge in [-0.3, -0.25) is 10.1 Å². The molecule has 1 aromatic carbocycles. The lowest BCUT2D eigenvalue weighted by atomic mass is 10.2. The van der Waals surface area contributed by atoms with Crippen molar-refractivity contribution in [2.45, 2.75) is 11.8 Å². The van der Waals surface area contributed by atoms with Gasteiger partial charge in [0.05, 0.1) is 4.92 Å². The average Bonchev–Trinajstić information content (AvgIpc) is 2.06. The largest absolute Gasteiger partial charge is 0.289 e. The summed E-state index contributed by atoms with van der Waals surface area (Å²) in [7, 11) is 1.00. The highest BCUT2D eigenvalue weighted by Crippen LogP contribution is 2.33. The number of nitro groups is 1. The molecule has 0 aliphatic rings. The maximum Gasteiger partial charge on any atom is 0.289 e. The normalized spacial score (nSPS) is 11.4. The zero-order chi connectivity index (χ0) is 11.8. The monoisotopic (exact) mass is 313 g/mol. The number of halogens is 2. The van der Waals surface area contributed by atoms with Crippen LogP contribution in [0.25, 0.3) is 0 Å². The number of hydrogen-bond acceptors (Lipinski definition) is 4. The minimum absolute atomic E-state index is 0.221. The molecule has 0 saturated heterocycles. The summed E-state index contributed by atoms with van der Waals surface area (Å²) in [5.41, 5.74) is -0.301. The van der Waals surface area contributed by atoms with Crippen molar-refractivity contribution >= 4 is 41.4 Å². The standard InChI is InChI=1S/C7H5BrClNO4S/c1-4-5(8)2-3-6(10(11)12)7(4)15(9,13)14/h2-3H,1H3. The summed E-state index contributed by atoms with van der Waals surface area (Å²) in [5, 5.41) is 10.6. The maximum absolute atomic E-state index is 11.2. The molecule has 0 fully saturated rings. The van der Waals surface area contributed by atoms with Crippen LogP contribution in [-0.2, 0) is 9.05 Å². The molecule has 0 N–H and O–H groups in total. The second-order valence-corrected chi connectivity index (χ2v) is 6.07. The molecule has 82 valence electrons. The van der Waals surface area contributed by atoms with Crippen molar-refractivity contribution in [3.8, 4) is 0 Å². The van der Waals surface area contributed by atoms with Gasteiger partial charge in [-0.15, -0.1) is 0 Å². The third-order valence-electron chi connectivity index (χ3n) is 1.76. The molecule has 0 unspecified atom stereocenters. The summed E-state index contributed by atoms with van der Waals surface area (Å²) >= 11 is 3.08. The molecule has 8 heteroatoms. The van der Waals surface area contributed by atoms with Gasteiger partial charge >= 0.3 is 0 Å². The van der Waals surface area contributed by atoms with E-state index in [1.165, 1.54) is 13.0 Å². The Morgan fingerprint density at radius 3 is 2.40 bits per heavy atom. The fourth-order valence-corrected chi connectivity index (χ4v) is 3.02. The molecule has 15 heavy (non-hydrogen) atoms. The number of nitrogens with zero attached hydrogens (tertiary/aromatic N) is 1. The van der Waals surface area contributed by atoms with E-state index in [1.54, 1.807) is 0 Å². The molecule has 0 aromatic heterocycles. The Hall–Kier alpha value is -0.660. The molecule has 0 radical (unpaired) electrons. The minimum atomic E-state index is -4.13. The van der Waals surface area contributed by atoms with Crippen molar-refractivity contribution in [1.29, 1.82) is 0 Å². The van der Waals surface area contributed by atoms with E-state index in [4.69, 9.17) is 10.7 Å². The Bertz CT molecular complexity index is 528. The summed E-state index contributed by atoms with van der Waals surface area (Å²) in [6.45, 7) is 1.44. The molecule has 0 saturated carbocycles. The lowest BCUT2D eigenvalue weighted by Gasteiger charge is -2.04. The van der Waals surface area contributed by atoms with E-state index in [1.807, 2.05) is 0 Å². The first-order chi connectivity index (χ1) is 6.75. The van der Waals surface area contributed by atoms with Crippen LogP contribution in [0.4, 0.5) is 5.69 Å². The van der Waals surface area contributed by atoms with Crippen molar-refractivity contribution in [2.24, 2.45) is 0 Å². The van der Waals surface area contributed by atoms with Crippen molar-refractivity contribution < 1.29 is 13.3 Å². The molecule has 0 aliphatic carbocycles. The second kappa shape index (κ2) is 4.07. The van der Waals surface area contributed by atoms with Crippen LogP contribution in [0.15, 0.2) is 21.5 Å². The smallest absolute Gasteiger partial charge is 0.258 e. The molecule has 0 aliphatic heterocycles. The zero-order valence-corrected chi connectivity index (χ0v) is 10.6. The van der Waals surface area contributed by atoms with E-state index in [0.717, 1.165) is 6.07 Å². The van der Waals surface area contributed by atoms with E-state index < -0.39 is 24.6 Å².